The summed E-state index contributed by atoms with van der Waals surface area (Å²) in [5.74, 6) is 0. The van der Waals surface area contributed by atoms with Gasteiger partial charge in [-0.1, -0.05) is 29.3 Å². The molecule has 1 rings (SSSR count). The fourth-order valence-corrected chi connectivity index (χ4v) is 1.52. The molecule has 1 atom stereocenters. The fraction of sp³-hybridized carbons (Fsp3) is 0.455. The van der Waals surface area contributed by atoms with Crippen molar-refractivity contribution in [2.24, 2.45) is 0 Å². The topological polar surface area (TPSA) is 20.2 Å². The second-order valence-corrected chi connectivity index (χ2v) is 3.60. The zero-order chi connectivity index (χ0) is 10.7. The van der Waals surface area contributed by atoms with E-state index in [1.165, 1.54) is 0 Å². The molecule has 0 aliphatic rings. The molecule has 0 spiro atoms. The average molecular weight is 200 g/mol. The van der Waals surface area contributed by atoms with Crippen molar-refractivity contribution in [1.82, 2.24) is 0 Å². The Kier molecular flexibility index (Phi) is 3.58. The summed E-state index contributed by atoms with van der Waals surface area (Å²) in [6, 6.07) is 5.61. The van der Waals surface area contributed by atoms with Gasteiger partial charge >= 0.3 is 0 Å². The van der Waals surface area contributed by atoms with Gasteiger partial charge < -0.3 is 5.11 Å². The molecule has 1 aromatic rings. The first kappa shape index (κ1) is 11.1. The van der Waals surface area contributed by atoms with Gasteiger partial charge in [-0.25, -0.2) is 8.78 Å². The summed E-state index contributed by atoms with van der Waals surface area (Å²) in [6.07, 6.45) is -4.22. The van der Waals surface area contributed by atoms with Crippen molar-refractivity contribution in [3.05, 3.63) is 34.9 Å². The van der Waals surface area contributed by atoms with Crippen LogP contribution in [-0.4, -0.2) is 17.6 Å². The van der Waals surface area contributed by atoms with Crippen LogP contribution in [0.25, 0.3) is 0 Å². The molecule has 0 saturated heterocycles. The molecule has 0 amide bonds. The van der Waals surface area contributed by atoms with E-state index >= 15 is 0 Å². The molecule has 0 aromatic heterocycles. The van der Waals surface area contributed by atoms with Gasteiger partial charge in [0.15, 0.2) is 0 Å². The molecule has 0 bridgehead atoms. The van der Waals surface area contributed by atoms with Gasteiger partial charge in [0.1, 0.15) is 6.10 Å². The molecule has 1 nitrogen and oxygen atoms in total. The predicted molar refractivity (Wildman–Crippen MR) is 51.6 cm³/mol. The number of aliphatic hydroxyl groups excluding tert-OH is 1. The summed E-state index contributed by atoms with van der Waals surface area (Å²) >= 11 is 0. The number of alkyl halides is 2. The molecule has 0 aliphatic carbocycles. The van der Waals surface area contributed by atoms with Crippen LogP contribution in [0, 0.1) is 13.8 Å². The lowest BCUT2D eigenvalue weighted by Gasteiger charge is -2.10. The third-order valence-corrected chi connectivity index (χ3v) is 2.02. The van der Waals surface area contributed by atoms with Gasteiger partial charge in [-0.3, -0.25) is 0 Å². The zero-order valence-electron chi connectivity index (χ0n) is 8.30. The largest absolute Gasteiger partial charge is 0.387 e. The van der Waals surface area contributed by atoms with E-state index in [4.69, 9.17) is 5.11 Å². The Morgan fingerprint density at radius 1 is 1.14 bits per heavy atom. The lowest BCUT2D eigenvalue weighted by Crippen LogP contribution is -2.20. The van der Waals surface area contributed by atoms with Crippen molar-refractivity contribution in [2.75, 3.05) is 0 Å². The Labute approximate surface area is 82.4 Å². The van der Waals surface area contributed by atoms with E-state index in [-0.39, 0.29) is 6.42 Å². The molecule has 0 fully saturated rings. The van der Waals surface area contributed by atoms with Crippen molar-refractivity contribution in [3.63, 3.8) is 0 Å². The van der Waals surface area contributed by atoms with Gasteiger partial charge in [0.05, 0.1) is 0 Å². The van der Waals surface area contributed by atoms with Crippen molar-refractivity contribution in [3.8, 4) is 0 Å². The lowest BCUT2D eigenvalue weighted by molar-refractivity contribution is -0.00366. The molecular formula is C11H14F2O. The number of rotatable bonds is 3. The fourth-order valence-electron chi connectivity index (χ4n) is 1.52. The number of hydrogen-bond donors (Lipinski definition) is 1. The van der Waals surface area contributed by atoms with Crippen LogP contribution in [0.3, 0.4) is 0 Å². The highest BCUT2D eigenvalue weighted by Crippen LogP contribution is 2.13. The average Bonchev–Trinajstić information content (AvgIpc) is 2.01. The molecule has 1 unspecified atom stereocenters. The maximum absolute atomic E-state index is 12.1. The van der Waals surface area contributed by atoms with E-state index in [1.807, 2.05) is 32.0 Å². The van der Waals surface area contributed by atoms with Gasteiger partial charge in [0, 0.05) is 6.42 Å². The monoisotopic (exact) mass is 200 g/mol. The smallest absolute Gasteiger partial charge is 0.264 e. The molecule has 78 valence electrons. The Bertz CT molecular complexity index is 290. The van der Waals surface area contributed by atoms with Crippen LogP contribution >= 0.6 is 0 Å². The number of aryl methyl sites for hydroxylation is 2. The number of halogens is 2. The third kappa shape index (κ3) is 3.07. The third-order valence-electron chi connectivity index (χ3n) is 2.02. The molecule has 0 aliphatic heterocycles. The Hall–Kier alpha value is -0.960. The highest BCUT2D eigenvalue weighted by molar-refractivity contribution is 5.28. The first-order valence-electron chi connectivity index (χ1n) is 4.52. The summed E-state index contributed by atoms with van der Waals surface area (Å²) < 4.78 is 24.1. The summed E-state index contributed by atoms with van der Waals surface area (Å²) in [4.78, 5) is 0. The normalized spacial score (nSPS) is 13.3. The van der Waals surface area contributed by atoms with Gasteiger partial charge in [-0.15, -0.1) is 0 Å². The van der Waals surface area contributed by atoms with E-state index in [2.05, 4.69) is 0 Å². The van der Waals surface area contributed by atoms with Crippen molar-refractivity contribution in [1.29, 1.82) is 0 Å². The number of aliphatic hydroxyl groups is 1. The van der Waals surface area contributed by atoms with Gasteiger partial charge in [0.2, 0.25) is 0 Å². The molecule has 3 heteroatoms. The van der Waals surface area contributed by atoms with Crippen molar-refractivity contribution >= 4 is 0 Å². The van der Waals surface area contributed by atoms with Crippen molar-refractivity contribution < 1.29 is 13.9 Å². The Morgan fingerprint density at radius 3 is 2.07 bits per heavy atom. The van der Waals surface area contributed by atoms with Crippen LogP contribution in [0.15, 0.2) is 18.2 Å². The molecule has 0 saturated carbocycles. The highest BCUT2D eigenvalue weighted by atomic mass is 19.3. The highest BCUT2D eigenvalue weighted by Gasteiger charge is 2.17. The first-order valence-corrected chi connectivity index (χ1v) is 4.52. The van der Waals surface area contributed by atoms with Gasteiger partial charge in [-0.05, 0) is 19.4 Å². The Morgan fingerprint density at radius 2 is 1.64 bits per heavy atom. The first-order chi connectivity index (χ1) is 6.49. The minimum absolute atomic E-state index is 0.0141. The molecule has 14 heavy (non-hydrogen) atoms. The standard InChI is InChI=1S/C11H14F2O/c1-7-3-8(2)5-9(4-7)6-10(14)11(12)13/h3-5,10-11,14H,6H2,1-2H3. The number of benzene rings is 1. The molecule has 1 N–H and O–H groups in total. The van der Waals surface area contributed by atoms with Crippen LogP contribution in [0.1, 0.15) is 16.7 Å². The minimum atomic E-state index is -2.67. The minimum Gasteiger partial charge on any atom is -0.387 e. The quantitative estimate of drug-likeness (QED) is 0.794. The van der Waals surface area contributed by atoms with E-state index in [0.29, 0.717) is 0 Å². The van der Waals surface area contributed by atoms with Crippen LogP contribution in [0.4, 0.5) is 8.78 Å². The van der Waals surface area contributed by atoms with E-state index < -0.39 is 12.5 Å². The van der Waals surface area contributed by atoms with Crippen molar-refractivity contribution in [2.45, 2.75) is 32.8 Å². The van der Waals surface area contributed by atoms with Crippen LogP contribution < -0.4 is 0 Å². The summed E-state index contributed by atoms with van der Waals surface area (Å²) in [5.41, 5.74) is 2.82. The summed E-state index contributed by atoms with van der Waals surface area (Å²) in [7, 11) is 0. The van der Waals surface area contributed by atoms with Crippen LogP contribution in [-0.2, 0) is 6.42 Å². The van der Waals surface area contributed by atoms with Gasteiger partial charge in [0.25, 0.3) is 6.43 Å². The van der Waals surface area contributed by atoms with Crippen LogP contribution in [0.2, 0.25) is 0 Å². The second kappa shape index (κ2) is 4.51. The van der Waals surface area contributed by atoms with E-state index in [1.54, 1.807) is 0 Å². The molecule has 0 radical (unpaired) electrons. The molecular weight excluding hydrogens is 186 g/mol. The zero-order valence-corrected chi connectivity index (χ0v) is 8.30. The Balaban J connectivity index is 2.76. The second-order valence-electron chi connectivity index (χ2n) is 3.60. The van der Waals surface area contributed by atoms with E-state index in [0.717, 1.165) is 16.7 Å². The maximum Gasteiger partial charge on any atom is 0.264 e. The lowest BCUT2D eigenvalue weighted by atomic mass is 10.0. The SMILES string of the molecule is Cc1cc(C)cc(CC(O)C(F)F)c1. The number of hydrogen-bond acceptors (Lipinski definition) is 1. The maximum atomic E-state index is 12.1. The van der Waals surface area contributed by atoms with E-state index in [9.17, 15) is 8.78 Å². The molecule has 0 heterocycles. The van der Waals surface area contributed by atoms with Crippen LogP contribution in [0.5, 0.6) is 0 Å². The van der Waals surface area contributed by atoms with Gasteiger partial charge in [-0.2, -0.15) is 0 Å². The molecule has 1 aromatic carbocycles. The predicted octanol–water partition coefficient (Wildman–Crippen LogP) is 2.47. The summed E-state index contributed by atoms with van der Waals surface area (Å²) in [6.45, 7) is 3.82. The summed E-state index contributed by atoms with van der Waals surface area (Å²) in [5, 5.41) is 9.01.